The van der Waals surface area contributed by atoms with E-state index >= 15 is 0 Å². The Morgan fingerprint density at radius 2 is 2.07 bits per heavy atom. The Hall–Kier alpha value is -4.18. The van der Waals surface area contributed by atoms with Gasteiger partial charge in [-0.3, -0.25) is 9.78 Å². The van der Waals surface area contributed by atoms with Crippen LogP contribution in [0, 0.1) is 18.3 Å². The summed E-state index contributed by atoms with van der Waals surface area (Å²) in [5.74, 6) is -0.0671. The number of aryl methyl sites for hydroxylation is 1. The Labute approximate surface area is 167 Å². The van der Waals surface area contributed by atoms with E-state index in [1.165, 1.54) is 19.4 Å². The van der Waals surface area contributed by atoms with Crippen LogP contribution in [0.4, 0.5) is 5.69 Å². The van der Waals surface area contributed by atoms with E-state index in [1.807, 2.05) is 13.0 Å². The van der Waals surface area contributed by atoms with E-state index in [9.17, 15) is 14.9 Å². The SMILES string of the molecule is COC(=O)c1ccc(-c2ccc(/C=C(\C#N)C(=O)Nc3cccnc3)o2)c(C)c1. The number of pyridine rings is 1. The van der Waals surface area contributed by atoms with Gasteiger partial charge in [0.25, 0.3) is 5.91 Å². The first-order valence-corrected chi connectivity index (χ1v) is 8.64. The number of nitrogens with zero attached hydrogens (tertiary/aromatic N) is 2. The van der Waals surface area contributed by atoms with Crippen molar-refractivity contribution in [1.82, 2.24) is 4.98 Å². The molecule has 144 valence electrons. The molecule has 29 heavy (non-hydrogen) atoms. The third-order valence-corrected chi connectivity index (χ3v) is 4.11. The lowest BCUT2D eigenvalue weighted by atomic mass is 10.0. The standard InChI is InChI=1S/C22H17N3O4/c1-14-10-15(22(27)28-2)5-7-19(14)20-8-6-18(29-20)11-16(12-23)21(26)25-17-4-3-9-24-13-17/h3-11,13H,1-2H3,(H,25,26)/b16-11+. The van der Waals surface area contributed by atoms with Gasteiger partial charge in [0.15, 0.2) is 0 Å². The van der Waals surface area contributed by atoms with Crippen molar-refractivity contribution in [1.29, 1.82) is 5.26 Å². The molecular weight excluding hydrogens is 370 g/mol. The summed E-state index contributed by atoms with van der Waals surface area (Å²) >= 11 is 0. The fourth-order valence-electron chi connectivity index (χ4n) is 2.69. The summed E-state index contributed by atoms with van der Waals surface area (Å²) in [5, 5.41) is 11.9. The third-order valence-electron chi connectivity index (χ3n) is 4.11. The first kappa shape index (κ1) is 19.6. The van der Waals surface area contributed by atoms with Crippen molar-refractivity contribution in [2.45, 2.75) is 6.92 Å². The van der Waals surface area contributed by atoms with Crippen LogP contribution in [0.3, 0.4) is 0 Å². The zero-order chi connectivity index (χ0) is 20.8. The molecule has 0 saturated heterocycles. The molecule has 2 heterocycles. The van der Waals surface area contributed by atoms with E-state index in [1.54, 1.807) is 48.7 Å². The molecular formula is C22H17N3O4. The molecule has 0 aliphatic rings. The molecule has 0 spiro atoms. The molecule has 0 aliphatic carbocycles. The number of esters is 1. The smallest absolute Gasteiger partial charge is 0.337 e. The maximum Gasteiger partial charge on any atom is 0.337 e. The Morgan fingerprint density at radius 3 is 2.72 bits per heavy atom. The number of hydrogen-bond donors (Lipinski definition) is 1. The number of nitrogens with one attached hydrogen (secondary N) is 1. The van der Waals surface area contributed by atoms with E-state index in [0.717, 1.165) is 11.1 Å². The molecule has 0 bridgehead atoms. The molecule has 3 aromatic rings. The van der Waals surface area contributed by atoms with E-state index in [4.69, 9.17) is 9.15 Å². The second-order valence-corrected chi connectivity index (χ2v) is 6.09. The summed E-state index contributed by atoms with van der Waals surface area (Å²) < 4.78 is 10.5. The van der Waals surface area contributed by atoms with Gasteiger partial charge in [0.05, 0.1) is 24.6 Å². The number of methoxy groups -OCH3 is 1. The van der Waals surface area contributed by atoms with Crippen LogP contribution in [-0.2, 0) is 9.53 Å². The number of nitriles is 1. The number of carbonyl (C=O) groups excluding carboxylic acids is 2. The highest BCUT2D eigenvalue weighted by atomic mass is 16.5. The maximum atomic E-state index is 12.3. The van der Waals surface area contributed by atoms with Crippen molar-refractivity contribution in [2.75, 3.05) is 12.4 Å². The Morgan fingerprint density at radius 1 is 1.24 bits per heavy atom. The van der Waals surface area contributed by atoms with Gasteiger partial charge in [0.1, 0.15) is 23.2 Å². The molecule has 1 amide bonds. The number of carbonyl (C=O) groups is 2. The van der Waals surface area contributed by atoms with Crippen LogP contribution >= 0.6 is 0 Å². The molecule has 2 aromatic heterocycles. The quantitative estimate of drug-likeness (QED) is 0.403. The van der Waals surface area contributed by atoms with E-state index in [-0.39, 0.29) is 5.57 Å². The highest BCUT2D eigenvalue weighted by Gasteiger charge is 2.13. The van der Waals surface area contributed by atoms with Crippen molar-refractivity contribution in [3.05, 3.63) is 77.3 Å². The highest BCUT2D eigenvalue weighted by Crippen LogP contribution is 2.27. The molecule has 0 aliphatic heterocycles. The van der Waals surface area contributed by atoms with Crippen LogP contribution < -0.4 is 5.32 Å². The molecule has 7 heteroatoms. The number of furan rings is 1. The molecule has 0 radical (unpaired) electrons. The molecule has 7 nitrogen and oxygen atoms in total. The van der Waals surface area contributed by atoms with Crippen molar-refractivity contribution < 1.29 is 18.7 Å². The van der Waals surface area contributed by atoms with Crippen LogP contribution in [0.5, 0.6) is 0 Å². The summed E-state index contributed by atoms with van der Waals surface area (Å²) in [6.07, 6.45) is 4.44. The second kappa shape index (κ2) is 8.67. The fraction of sp³-hybridized carbons (Fsp3) is 0.0909. The minimum absolute atomic E-state index is 0.104. The average Bonchev–Trinajstić information content (AvgIpc) is 3.20. The minimum atomic E-state index is -0.558. The molecule has 0 fully saturated rings. The number of benzene rings is 1. The molecule has 3 rings (SSSR count). The Kier molecular flexibility index (Phi) is 5.85. The van der Waals surface area contributed by atoms with Crippen LogP contribution in [0.1, 0.15) is 21.7 Å². The highest BCUT2D eigenvalue weighted by molar-refractivity contribution is 6.09. The van der Waals surface area contributed by atoms with Crippen molar-refractivity contribution >= 4 is 23.6 Å². The summed E-state index contributed by atoms with van der Waals surface area (Å²) in [4.78, 5) is 27.8. The van der Waals surface area contributed by atoms with Gasteiger partial charge in [-0.25, -0.2) is 4.79 Å². The van der Waals surface area contributed by atoms with Gasteiger partial charge in [0, 0.05) is 17.8 Å². The summed E-state index contributed by atoms with van der Waals surface area (Å²) in [5.41, 5.74) is 2.44. The second-order valence-electron chi connectivity index (χ2n) is 6.09. The summed E-state index contributed by atoms with van der Waals surface area (Å²) in [6, 6.07) is 13.7. The van der Waals surface area contributed by atoms with Gasteiger partial charge in [-0.2, -0.15) is 5.26 Å². The average molecular weight is 387 g/mol. The Bertz CT molecular complexity index is 1120. The summed E-state index contributed by atoms with van der Waals surface area (Å²) in [6.45, 7) is 1.85. The maximum absolute atomic E-state index is 12.3. The molecule has 1 aromatic carbocycles. The number of ether oxygens (including phenoxy) is 1. The predicted molar refractivity (Wildman–Crippen MR) is 107 cm³/mol. The van der Waals surface area contributed by atoms with Gasteiger partial charge in [-0.05, 0) is 48.9 Å². The molecule has 0 atom stereocenters. The first-order chi connectivity index (χ1) is 14.0. The van der Waals surface area contributed by atoms with Crippen molar-refractivity contribution in [3.8, 4) is 17.4 Å². The topological polar surface area (TPSA) is 105 Å². The fourth-order valence-corrected chi connectivity index (χ4v) is 2.69. The van der Waals surface area contributed by atoms with Crippen molar-refractivity contribution in [2.24, 2.45) is 0 Å². The lowest BCUT2D eigenvalue weighted by Crippen LogP contribution is -2.13. The first-order valence-electron chi connectivity index (χ1n) is 8.64. The van der Waals surface area contributed by atoms with Gasteiger partial charge >= 0.3 is 5.97 Å². The molecule has 0 saturated carbocycles. The largest absolute Gasteiger partial charge is 0.465 e. The van der Waals surface area contributed by atoms with E-state index in [0.29, 0.717) is 22.8 Å². The zero-order valence-corrected chi connectivity index (χ0v) is 15.8. The number of anilines is 1. The Balaban J connectivity index is 1.82. The normalized spacial score (nSPS) is 10.9. The van der Waals surface area contributed by atoms with Crippen molar-refractivity contribution in [3.63, 3.8) is 0 Å². The van der Waals surface area contributed by atoms with Crippen LogP contribution in [-0.4, -0.2) is 24.0 Å². The van der Waals surface area contributed by atoms with Crippen LogP contribution in [0.15, 0.2) is 64.8 Å². The third kappa shape index (κ3) is 4.57. The van der Waals surface area contributed by atoms with E-state index < -0.39 is 11.9 Å². The minimum Gasteiger partial charge on any atom is -0.465 e. The van der Waals surface area contributed by atoms with Gasteiger partial charge in [0.2, 0.25) is 0 Å². The molecule has 0 unspecified atom stereocenters. The summed E-state index contributed by atoms with van der Waals surface area (Å²) in [7, 11) is 1.33. The number of amides is 1. The monoisotopic (exact) mass is 387 g/mol. The van der Waals surface area contributed by atoms with Crippen LogP contribution in [0.2, 0.25) is 0 Å². The van der Waals surface area contributed by atoms with Gasteiger partial charge in [-0.1, -0.05) is 6.07 Å². The molecule has 1 N–H and O–H groups in total. The van der Waals surface area contributed by atoms with Gasteiger partial charge < -0.3 is 14.5 Å². The lowest BCUT2D eigenvalue weighted by molar-refractivity contribution is -0.112. The van der Waals surface area contributed by atoms with Gasteiger partial charge in [-0.15, -0.1) is 0 Å². The number of hydrogen-bond acceptors (Lipinski definition) is 6. The number of rotatable bonds is 5. The van der Waals surface area contributed by atoms with E-state index in [2.05, 4.69) is 10.3 Å². The number of aromatic nitrogens is 1. The predicted octanol–water partition coefficient (Wildman–Crippen LogP) is 3.98. The zero-order valence-electron chi connectivity index (χ0n) is 15.8. The van der Waals surface area contributed by atoms with Crippen LogP contribution in [0.25, 0.3) is 17.4 Å². The lowest BCUT2D eigenvalue weighted by Gasteiger charge is -2.05.